The van der Waals surface area contributed by atoms with Crippen LogP contribution in [0.1, 0.15) is 37.7 Å². The number of allylic oxidation sites excluding steroid dienone is 1. The summed E-state index contributed by atoms with van der Waals surface area (Å²) in [7, 11) is 0. The van der Waals surface area contributed by atoms with Gasteiger partial charge in [0.1, 0.15) is 0 Å². The van der Waals surface area contributed by atoms with E-state index in [1.807, 2.05) is 6.08 Å². The van der Waals surface area contributed by atoms with Crippen LogP contribution in [0.25, 0.3) is 10.9 Å². The topological polar surface area (TPSA) is 17.0 Å². The first-order valence-corrected chi connectivity index (χ1v) is 8.29. The number of nitrogens with zero attached hydrogens (tertiary/aromatic N) is 1. The molecule has 0 saturated heterocycles. The lowest BCUT2D eigenvalue weighted by Crippen LogP contribution is -2.17. The van der Waals surface area contributed by atoms with E-state index in [-0.39, 0.29) is 0 Å². The summed E-state index contributed by atoms with van der Waals surface area (Å²) in [6.45, 7) is 6.05. The van der Waals surface area contributed by atoms with Crippen LogP contribution in [0.2, 0.25) is 0 Å². The van der Waals surface area contributed by atoms with E-state index >= 15 is 0 Å². The molecule has 0 amide bonds. The standard InChI is InChI=1S/C19H26N2/c1-2-3-14-21-15-16(18-9-4-5-10-19(18)21)8-6-7-13-20-17-11-12-17/h2,4-5,9-10,15,17,20H,1,3,6-8,11-14H2. The van der Waals surface area contributed by atoms with Crippen molar-refractivity contribution in [3.8, 4) is 0 Å². The highest BCUT2D eigenvalue weighted by atomic mass is 15.0. The molecule has 21 heavy (non-hydrogen) atoms. The van der Waals surface area contributed by atoms with Crippen molar-refractivity contribution in [1.82, 2.24) is 9.88 Å². The van der Waals surface area contributed by atoms with Crippen molar-refractivity contribution < 1.29 is 0 Å². The Morgan fingerprint density at radius 3 is 2.90 bits per heavy atom. The number of hydrogen-bond acceptors (Lipinski definition) is 1. The monoisotopic (exact) mass is 282 g/mol. The van der Waals surface area contributed by atoms with Gasteiger partial charge in [-0.1, -0.05) is 24.3 Å². The van der Waals surface area contributed by atoms with E-state index in [9.17, 15) is 0 Å². The Morgan fingerprint density at radius 2 is 2.10 bits per heavy atom. The normalized spacial score (nSPS) is 14.7. The van der Waals surface area contributed by atoms with Crippen LogP contribution in [-0.2, 0) is 13.0 Å². The van der Waals surface area contributed by atoms with E-state index in [2.05, 4.69) is 46.9 Å². The SMILES string of the molecule is C=CCCn1cc(CCCCNC2CC2)c2ccccc21. The van der Waals surface area contributed by atoms with E-state index in [4.69, 9.17) is 0 Å². The first-order valence-electron chi connectivity index (χ1n) is 8.29. The maximum atomic E-state index is 3.83. The minimum absolute atomic E-state index is 0.839. The fourth-order valence-corrected chi connectivity index (χ4v) is 2.97. The highest BCUT2D eigenvalue weighted by Crippen LogP contribution is 2.23. The Hall–Kier alpha value is -1.54. The molecular weight excluding hydrogens is 256 g/mol. The van der Waals surface area contributed by atoms with Gasteiger partial charge in [-0.2, -0.15) is 0 Å². The zero-order chi connectivity index (χ0) is 14.5. The van der Waals surface area contributed by atoms with Crippen molar-refractivity contribution in [3.05, 3.63) is 48.7 Å². The third-order valence-electron chi connectivity index (χ3n) is 4.33. The number of unbranched alkanes of at least 4 members (excludes halogenated alkanes) is 1. The number of benzene rings is 1. The molecule has 3 rings (SSSR count). The molecule has 0 unspecified atom stereocenters. The van der Waals surface area contributed by atoms with Gasteiger partial charge in [0.15, 0.2) is 0 Å². The zero-order valence-electron chi connectivity index (χ0n) is 12.9. The lowest BCUT2D eigenvalue weighted by molar-refractivity contribution is 0.619. The molecule has 2 aromatic rings. The molecule has 1 aliphatic carbocycles. The summed E-state index contributed by atoms with van der Waals surface area (Å²) in [5, 5.41) is 5.02. The molecular formula is C19H26N2. The molecule has 0 bridgehead atoms. The van der Waals surface area contributed by atoms with Gasteiger partial charge in [0, 0.05) is 29.7 Å². The van der Waals surface area contributed by atoms with Crippen LogP contribution >= 0.6 is 0 Å². The lowest BCUT2D eigenvalue weighted by atomic mass is 10.1. The molecule has 112 valence electrons. The lowest BCUT2D eigenvalue weighted by Gasteiger charge is -2.02. The Balaban J connectivity index is 1.61. The Kier molecular flexibility index (Phi) is 4.76. The van der Waals surface area contributed by atoms with E-state index in [1.165, 1.54) is 55.1 Å². The number of nitrogens with one attached hydrogen (secondary N) is 1. The van der Waals surface area contributed by atoms with Crippen LogP contribution in [0.15, 0.2) is 43.1 Å². The third kappa shape index (κ3) is 3.76. The van der Waals surface area contributed by atoms with Crippen LogP contribution in [0, 0.1) is 0 Å². The molecule has 2 heteroatoms. The van der Waals surface area contributed by atoms with E-state index in [0.717, 1.165) is 19.0 Å². The molecule has 1 aromatic heterocycles. The third-order valence-corrected chi connectivity index (χ3v) is 4.33. The Labute approximate surface area is 127 Å². The van der Waals surface area contributed by atoms with Crippen LogP contribution in [-0.4, -0.2) is 17.2 Å². The number of fused-ring (bicyclic) bond motifs is 1. The van der Waals surface area contributed by atoms with Crippen LogP contribution in [0.3, 0.4) is 0 Å². The minimum Gasteiger partial charge on any atom is -0.347 e. The summed E-state index contributed by atoms with van der Waals surface area (Å²) >= 11 is 0. The predicted molar refractivity (Wildman–Crippen MR) is 90.7 cm³/mol. The van der Waals surface area contributed by atoms with Crippen molar-refractivity contribution in [1.29, 1.82) is 0 Å². The highest BCUT2D eigenvalue weighted by molar-refractivity contribution is 5.83. The molecule has 1 N–H and O–H groups in total. The summed E-state index contributed by atoms with van der Waals surface area (Å²) in [5.41, 5.74) is 2.87. The van der Waals surface area contributed by atoms with E-state index in [0.29, 0.717) is 0 Å². The molecule has 1 aliphatic rings. The molecule has 1 heterocycles. The van der Waals surface area contributed by atoms with Gasteiger partial charge >= 0.3 is 0 Å². The Morgan fingerprint density at radius 1 is 1.24 bits per heavy atom. The average molecular weight is 282 g/mol. The predicted octanol–water partition coefficient (Wildman–Crippen LogP) is 4.29. The van der Waals surface area contributed by atoms with Crippen molar-refractivity contribution in [2.45, 2.75) is 51.1 Å². The molecule has 0 spiro atoms. The molecule has 1 fully saturated rings. The van der Waals surface area contributed by atoms with Gasteiger partial charge in [-0.25, -0.2) is 0 Å². The van der Waals surface area contributed by atoms with Gasteiger partial charge < -0.3 is 9.88 Å². The van der Waals surface area contributed by atoms with Gasteiger partial charge in [0.25, 0.3) is 0 Å². The molecule has 1 saturated carbocycles. The maximum absolute atomic E-state index is 3.83. The number of hydrogen-bond donors (Lipinski definition) is 1. The fourth-order valence-electron chi connectivity index (χ4n) is 2.97. The summed E-state index contributed by atoms with van der Waals surface area (Å²) in [6, 6.07) is 9.62. The smallest absolute Gasteiger partial charge is 0.0483 e. The summed E-state index contributed by atoms with van der Waals surface area (Å²) < 4.78 is 2.38. The average Bonchev–Trinajstić information content (AvgIpc) is 3.27. The fraction of sp³-hybridized carbons (Fsp3) is 0.474. The van der Waals surface area contributed by atoms with Crippen LogP contribution in [0.5, 0.6) is 0 Å². The second kappa shape index (κ2) is 6.95. The van der Waals surface area contributed by atoms with E-state index in [1.54, 1.807) is 0 Å². The van der Waals surface area contributed by atoms with Gasteiger partial charge in [-0.3, -0.25) is 0 Å². The Bertz CT molecular complexity index is 593. The number of para-hydroxylation sites is 1. The van der Waals surface area contributed by atoms with Gasteiger partial charge in [0.05, 0.1) is 0 Å². The first kappa shape index (κ1) is 14.4. The summed E-state index contributed by atoms with van der Waals surface area (Å²) in [5.74, 6) is 0. The largest absolute Gasteiger partial charge is 0.347 e. The number of aromatic nitrogens is 1. The first-order chi connectivity index (χ1) is 10.4. The number of aryl methyl sites for hydroxylation is 2. The van der Waals surface area contributed by atoms with Gasteiger partial charge in [-0.15, -0.1) is 6.58 Å². The molecule has 1 aromatic carbocycles. The zero-order valence-corrected chi connectivity index (χ0v) is 12.9. The second-order valence-corrected chi connectivity index (χ2v) is 6.13. The van der Waals surface area contributed by atoms with Gasteiger partial charge in [0.2, 0.25) is 0 Å². The van der Waals surface area contributed by atoms with Crippen LogP contribution < -0.4 is 5.32 Å². The minimum atomic E-state index is 0.839. The van der Waals surface area contributed by atoms with Crippen LogP contribution in [0.4, 0.5) is 0 Å². The summed E-state index contributed by atoms with van der Waals surface area (Å²) in [4.78, 5) is 0. The molecule has 0 radical (unpaired) electrons. The van der Waals surface area contributed by atoms with Crippen molar-refractivity contribution in [2.24, 2.45) is 0 Å². The molecule has 0 atom stereocenters. The van der Waals surface area contributed by atoms with Crippen molar-refractivity contribution in [3.63, 3.8) is 0 Å². The highest BCUT2D eigenvalue weighted by Gasteiger charge is 2.19. The molecule has 2 nitrogen and oxygen atoms in total. The maximum Gasteiger partial charge on any atom is 0.0483 e. The second-order valence-electron chi connectivity index (χ2n) is 6.13. The quantitative estimate of drug-likeness (QED) is 0.536. The van der Waals surface area contributed by atoms with Gasteiger partial charge in [-0.05, 0) is 56.7 Å². The van der Waals surface area contributed by atoms with E-state index < -0.39 is 0 Å². The molecule has 0 aliphatic heterocycles. The van der Waals surface area contributed by atoms with Crippen molar-refractivity contribution in [2.75, 3.05) is 6.54 Å². The summed E-state index contributed by atoms with van der Waals surface area (Å²) in [6.07, 6.45) is 11.9. The van der Waals surface area contributed by atoms with Crippen molar-refractivity contribution >= 4 is 10.9 Å². The number of rotatable bonds is 9.